The third kappa shape index (κ3) is 2.61. The summed E-state index contributed by atoms with van der Waals surface area (Å²) < 4.78 is 51.1. The van der Waals surface area contributed by atoms with Gasteiger partial charge in [-0.15, -0.1) is 6.58 Å². The Morgan fingerprint density at radius 1 is 1.38 bits per heavy atom. The fraction of sp³-hybridized carbons (Fsp3) is 0.273. The largest absolute Gasteiger partial charge is 0.416 e. The Morgan fingerprint density at radius 2 is 2.00 bits per heavy atom. The second-order valence-electron chi connectivity index (χ2n) is 3.33. The molecule has 0 fully saturated rings. The van der Waals surface area contributed by atoms with Gasteiger partial charge in [0.1, 0.15) is 5.82 Å². The van der Waals surface area contributed by atoms with Gasteiger partial charge in [0.05, 0.1) is 5.56 Å². The Morgan fingerprint density at radius 3 is 2.50 bits per heavy atom. The summed E-state index contributed by atoms with van der Waals surface area (Å²) in [5.41, 5.74) is 3.96. The lowest BCUT2D eigenvalue weighted by atomic mass is 9.97. The molecule has 1 nitrogen and oxygen atoms in total. The van der Waals surface area contributed by atoms with Gasteiger partial charge in [0.2, 0.25) is 0 Å². The Hall–Kier alpha value is -1.36. The topological polar surface area (TPSA) is 26.0 Å². The van der Waals surface area contributed by atoms with Gasteiger partial charge in [0.25, 0.3) is 0 Å². The first-order valence-corrected chi connectivity index (χ1v) is 4.60. The fourth-order valence-electron chi connectivity index (χ4n) is 1.46. The lowest BCUT2D eigenvalue weighted by Crippen LogP contribution is -2.18. The molecule has 88 valence electrons. The number of alkyl halides is 3. The van der Waals surface area contributed by atoms with Gasteiger partial charge in [-0.25, -0.2) is 4.39 Å². The molecule has 16 heavy (non-hydrogen) atoms. The summed E-state index contributed by atoms with van der Waals surface area (Å²) in [5.74, 6) is -0.941. The fourth-order valence-corrected chi connectivity index (χ4v) is 1.46. The molecule has 2 N–H and O–H groups in total. The summed E-state index contributed by atoms with van der Waals surface area (Å²) >= 11 is 0. The maximum Gasteiger partial charge on any atom is 0.416 e. The predicted octanol–water partition coefficient (Wildman–Crippen LogP) is 3.42. The van der Waals surface area contributed by atoms with Crippen LogP contribution in [0.5, 0.6) is 0 Å². The van der Waals surface area contributed by atoms with Crippen molar-refractivity contribution >= 4 is 0 Å². The van der Waals surface area contributed by atoms with Crippen LogP contribution < -0.4 is 5.73 Å². The van der Waals surface area contributed by atoms with Crippen molar-refractivity contribution in [3.63, 3.8) is 0 Å². The van der Waals surface area contributed by atoms with Crippen LogP contribution in [0.15, 0.2) is 30.9 Å². The third-order valence-electron chi connectivity index (χ3n) is 2.15. The summed E-state index contributed by atoms with van der Waals surface area (Å²) in [6.45, 7) is 3.36. The van der Waals surface area contributed by atoms with E-state index < -0.39 is 29.2 Å². The molecular formula is C11H11F4N. The van der Waals surface area contributed by atoms with Crippen molar-refractivity contribution < 1.29 is 17.6 Å². The van der Waals surface area contributed by atoms with Crippen LogP contribution in [0.3, 0.4) is 0 Å². The first kappa shape index (κ1) is 12.7. The molecule has 1 atom stereocenters. The molecule has 1 rings (SSSR count). The number of benzene rings is 1. The summed E-state index contributed by atoms with van der Waals surface area (Å²) in [7, 11) is 0. The van der Waals surface area contributed by atoms with Crippen molar-refractivity contribution in [2.75, 3.05) is 0 Å². The van der Waals surface area contributed by atoms with Gasteiger partial charge in [0.15, 0.2) is 0 Å². The van der Waals surface area contributed by atoms with E-state index in [-0.39, 0.29) is 6.42 Å². The van der Waals surface area contributed by atoms with Crippen molar-refractivity contribution in [3.05, 3.63) is 47.8 Å². The molecule has 1 aromatic rings. The minimum Gasteiger partial charge on any atom is -0.324 e. The molecule has 0 saturated carbocycles. The monoisotopic (exact) mass is 233 g/mol. The Bertz CT molecular complexity index is 384. The quantitative estimate of drug-likeness (QED) is 0.628. The molecule has 0 amide bonds. The minimum absolute atomic E-state index is 0.0873. The van der Waals surface area contributed by atoms with Gasteiger partial charge in [0, 0.05) is 11.6 Å². The maximum atomic E-state index is 13.3. The molecular weight excluding hydrogens is 222 g/mol. The van der Waals surface area contributed by atoms with Crippen LogP contribution in [0.1, 0.15) is 23.6 Å². The zero-order valence-electron chi connectivity index (χ0n) is 8.39. The van der Waals surface area contributed by atoms with Crippen molar-refractivity contribution in [1.29, 1.82) is 0 Å². The summed E-state index contributed by atoms with van der Waals surface area (Å²) in [6, 6.07) is 1.77. The first-order valence-electron chi connectivity index (χ1n) is 4.60. The van der Waals surface area contributed by atoms with E-state index in [1.807, 2.05) is 0 Å². The third-order valence-corrected chi connectivity index (χ3v) is 2.15. The van der Waals surface area contributed by atoms with Crippen molar-refractivity contribution in [3.8, 4) is 0 Å². The zero-order valence-corrected chi connectivity index (χ0v) is 8.39. The van der Waals surface area contributed by atoms with Crippen LogP contribution in [0, 0.1) is 5.82 Å². The number of hydrogen-bond donors (Lipinski definition) is 1. The average molecular weight is 233 g/mol. The van der Waals surface area contributed by atoms with Crippen LogP contribution in [0.2, 0.25) is 0 Å². The molecule has 0 spiro atoms. The molecule has 0 aromatic heterocycles. The van der Waals surface area contributed by atoms with Gasteiger partial charge >= 0.3 is 6.18 Å². The average Bonchev–Trinajstić information content (AvgIpc) is 2.16. The molecule has 0 aliphatic heterocycles. The molecule has 0 aliphatic rings. The summed E-state index contributed by atoms with van der Waals surface area (Å²) in [6.07, 6.45) is -3.16. The number of rotatable bonds is 3. The highest BCUT2D eigenvalue weighted by atomic mass is 19.4. The normalized spacial score (nSPS) is 13.6. The number of nitrogens with two attached hydrogens (primary N) is 1. The lowest BCUT2D eigenvalue weighted by Gasteiger charge is -2.17. The number of halogens is 4. The van der Waals surface area contributed by atoms with E-state index in [0.29, 0.717) is 0 Å². The van der Waals surface area contributed by atoms with Gasteiger partial charge in [-0.3, -0.25) is 0 Å². The van der Waals surface area contributed by atoms with E-state index in [2.05, 4.69) is 6.58 Å². The van der Waals surface area contributed by atoms with Crippen molar-refractivity contribution in [1.82, 2.24) is 0 Å². The van der Waals surface area contributed by atoms with Crippen molar-refractivity contribution in [2.45, 2.75) is 18.6 Å². The van der Waals surface area contributed by atoms with Crippen LogP contribution in [0.4, 0.5) is 17.6 Å². The highest BCUT2D eigenvalue weighted by Gasteiger charge is 2.35. The van der Waals surface area contributed by atoms with Gasteiger partial charge in [-0.2, -0.15) is 13.2 Å². The highest BCUT2D eigenvalue weighted by molar-refractivity contribution is 5.33. The minimum atomic E-state index is -4.60. The zero-order chi connectivity index (χ0) is 12.3. The van der Waals surface area contributed by atoms with Crippen LogP contribution >= 0.6 is 0 Å². The SMILES string of the molecule is C=CC[C@H](N)c1c(F)cccc1C(F)(F)F. The first-order chi connectivity index (χ1) is 7.38. The van der Waals surface area contributed by atoms with Gasteiger partial charge in [-0.1, -0.05) is 12.1 Å². The number of hydrogen-bond acceptors (Lipinski definition) is 1. The second kappa shape index (κ2) is 4.65. The van der Waals surface area contributed by atoms with E-state index in [1.54, 1.807) is 0 Å². The summed E-state index contributed by atoms with van der Waals surface area (Å²) in [4.78, 5) is 0. The van der Waals surface area contributed by atoms with Crippen molar-refractivity contribution in [2.24, 2.45) is 5.73 Å². The Kier molecular flexibility index (Phi) is 3.70. The van der Waals surface area contributed by atoms with E-state index in [1.165, 1.54) is 6.08 Å². The molecule has 1 aromatic carbocycles. The standard InChI is InChI=1S/C11H11F4N/c1-2-4-9(16)10-7(11(13,14)15)5-3-6-8(10)12/h2-3,5-6,9H,1,4,16H2/t9-/m0/s1. The lowest BCUT2D eigenvalue weighted by molar-refractivity contribution is -0.138. The van der Waals surface area contributed by atoms with Crippen LogP contribution in [0.25, 0.3) is 0 Å². The molecule has 5 heteroatoms. The molecule has 0 radical (unpaired) electrons. The Balaban J connectivity index is 3.29. The Labute approximate surface area is 90.6 Å². The molecule has 0 heterocycles. The smallest absolute Gasteiger partial charge is 0.324 e. The summed E-state index contributed by atoms with van der Waals surface area (Å²) in [5, 5.41) is 0. The predicted molar refractivity (Wildman–Crippen MR) is 53.1 cm³/mol. The van der Waals surface area contributed by atoms with Gasteiger partial charge < -0.3 is 5.73 Å². The van der Waals surface area contributed by atoms with E-state index in [0.717, 1.165) is 18.2 Å². The van der Waals surface area contributed by atoms with E-state index >= 15 is 0 Å². The van der Waals surface area contributed by atoms with Crippen LogP contribution in [-0.4, -0.2) is 0 Å². The van der Waals surface area contributed by atoms with Crippen LogP contribution in [-0.2, 0) is 6.18 Å². The molecule has 0 saturated heterocycles. The van der Waals surface area contributed by atoms with E-state index in [9.17, 15) is 17.6 Å². The van der Waals surface area contributed by atoms with Gasteiger partial charge in [-0.05, 0) is 18.6 Å². The molecule has 0 aliphatic carbocycles. The highest BCUT2D eigenvalue weighted by Crippen LogP contribution is 2.36. The molecule has 0 unspecified atom stereocenters. The maximum absolute atomic E-state index is 13.3. The molecule has 0 bridgehead atoms. The van der Waals surface area contributed by atoms with E-state index in [4.69, 9.17) is 5.73 Å². The second-order valence-corrected chi connectivity index (χ2v) is 3.33.